The van der Waals surface area contributed by atoms with Crippen molar-refractivity contribution >= 4 is 38.2 Å². The van der Waals surface area contributed by atoms with Gasteiger partial charge in [0.25, 0.3) is 0 Å². The van der Waals surface area contributed by atoms with Crippen LogP contribution in [0.15, 0.2) is 59.6 Å². The zero-order valence-electron chi connectivity index (χ0n) is 12.0. The Balaban J connectivity index is 1.90. The summed E-state index contributed by atoms with van der Waals surface area (Å²) >= 11 is 6.14. The molecule has 1 heterocycles. The second kappa shape index (κ2) is 6.16. The third-order valence-corrected chi connectivity index (χ3v) is 4.52. The van der Waals surface area contributed by atoms with Crippen LogP contribution < -0.4 is 10.5 Å². The van der Waals surface area contributed by atoms with E-state index in [0.29, 0.717) is 17.3 Å². The van der Waals surface area contributed by atoms with Gasteiger partial charge in [0.1, 0.15) is 0 Å². The van der Waals surface area contributed by atoms with Gasteiger partial charge in [0, 0.05) is 28.8 Å². The lowest BCUT2D eigenvalue weighted by Gasteiger charge is -2.10. The van der Waals surface area contributed by atoms with Crippen molar-refractivity contribution in [2.24, 2.45) is 5.14 Å². The number of hydrogen-bond donors (Lipinski definition) is 2. The zero-order chi connectivity index (χ0) is 16.4. The quantitative estimate of drug-likeness (QED) is 0.759. The highest BCUT2D eigenvalue weighted by atomic mass is 35.5. The highest BCUT2D eigenvalue weighted by Gasteiger charge is 2.09. The Labute approximate surface area is 139 Å². The fourth-order valence-electron chi connectivity index (χ4n) is 2.34. The van der Waals surface area contributed by atoms with Crippen molar-refractivity contribution in [2.45, 2.75) is 11.4 Å². The lowest BCUT2D eigenvalue weighted by atomic mass is 10.1. The van der Waals surface area contributed by atoms with Crippen LogP contribution in [0.5, 0.6) is 0 Å². The maximum absolute atomic E-state index is 11.4. The van der Waals surface area contributed by atoms with E-state index in [-0.39, 0.29) is 4.90 Å². The van der Waals surface area contributed by atoms with Gasteiger partial charge in [-0.15, -0.1) is 0 Å². The van der Waals surface area contributed by atoms with Crippen molar-refractivity contribution in [1.82, 2.24) is 4.98 Å². The van der Waals surface area contributed by atoms with E-state index in [9.17, 15) is 8.42 Å². The number of aromatic nitrogens is 1. The summed E-state index contributed by atoms with van der Waals surface area (Å²) in [7, 11) is -3.72. The van der Waals surface area contributed by atoms with Gasteiger partial charge in [-0.1, -0.05) is 23.7 Å². The summed E-state index contributed by atoms with van der Waals surface area (Å²) in [6, 6.07) is 13.9. The topological polar surface area (TPSA) is 85.1 Å². The Morgan fingerprint density at radius 3 is 2.74 bits per heavy atom. The van der Waals surface area contributed by atoms with E-state index in [4.69, 9.17) is 16.7 Å². The number of pyridine rings is 1. The van der Waals surface area contributed by atoms with Crippen LogP contribution in [-0.2, 0) is 16.6 Å². The van der Waals surface area contributed by atoms with Gasteiger partial charge in [-0.3, -0.25) is 4.98 Å². The number of benzene rings is 2. The van der Waals surface area contributed by atoms with Gasteiger partial charge in [0.2, 0.25) is 10.0 Å². The molecule has 0 saturated heterocycles. The minimum atomic E-state index is -3.72. The summed E-state index contributed by atoms with van der Waals surface area (Å²) in [6.07, 6.45) is 1.72. The minimum absolute atomic E-state index is 0.0663. The molecule has 3 rings (SSSR count). The van der Waals surface area contributed by atoms with Gasteiger partial charge in [0.05, 0.1) is 10.4 Å². The fourth-order valence-corrected chi connectivity index (χ4v) is 3.15. The Morgan fingerprint density at radius 1 is 1.13 bits per heavy atom. The van der Waals surface area contributed by atoms with Crippen molar-refractivity contribution in [1.29, 1.82) is 0 Å². The third-order valence-electron chi connectivity index (χ3n) is 3.39. The third kappa shape index (κ3) is 3.61. The van der Waals surface area contributed by atoms with Gasteiger partial charge in [-0.2, -0.15) is 0 Å². The Bertz CT molecular complexity index is 974. The maximum Gasteiger partial charge on any atom is 0.238 e. The van der Waals surface area contributed by atoms with Crippen LogP contribution in [0, 0.1) is 0 Å². The summed E-state index contributed by atoms with van der Waals surface area (Å²) in [5.41, 5.74) is 2.43. The van der Waals surface area contributed by atoms with Crippen molar-refractivity contribution in [3.05, 3.63) is 65.3 Å². The number of rotatable bonds is 4. The standard InChI is InChI=1S/C16H14ClN3O2S/c17-13-7-11-3-2-6-19-16(11)12(8-13)10-20-14-4-1-5-15(9-14)23(18,21)22/h1-9,20H,10H2,(H2,18,21,22). The minimum Gasteiger partial charge on any atom is -0.381 e. The van der Waals surface area contributed by atoms with Crippen molar-refractivity contribution in [3.8, 4) is 0 Å². The molecule has 0 radical (unpaired) electrons. The predicted octanol–water partition coefficient (Wildman–Crippen LogP) is 3.15. The first-order valence-electron chi connectivity index (χ1n) is 6.83. The van der Waals surface area contributed by atoms with Gasteiger partial charge < -0.3 is 5.32 Å². The number of fused-ring (bicyclic) bond motifs is 1. The van der Waals surface area contributed by atoms with Crippen molar-refractivity contribution in [2.75, 3.05) is 5.32 Å². The molecule has 0 unspecified atom stereocenters. The first-order valence-corrected chi connectivity index (χ1v) is 8.76. The molecular formula is C16H14ClN3O2S. The van der Waals surface area contributed by atoms with Crippen LogP contribution in [0.4, 0.5) is 5.69 Å². The van der Waals surface area contributed by atoms with Crippen LogP contribution >= 0.6 is 11.6 Å². The van der Waals surface area contributed by atoms with E-state index in [0.717, 1.165) is 16.5 Å². The molecule has 0 bridgehead atoms. The number of anilines is 1. The fraction of sp³-hybridized carbons (Fsp3) is 0.0625. The van der Waals surface area contributed by atoms with Crippen LogP contribution in [0.25, 0.3) is 10.9 Å². The first-order chi connectivity index (χ1) is 10.9. The molecule has 0 saturated carbocycles. The van der Waals surface area contributed by atoms with Gasteiger partial charge in [-0.25, -0.2) is 13.6 Å². The zero-order valence-corrected chi connectivity index (χ0v) is 13.6. The largest absolute Gasteiger partial charge is 0.381 e. The molecule has 0 amide bonds. The Hall–Kier alpha value is -2.15. The van der Waals surface area contributed by atoms with Gasteiger partial charge >= 0.3 is 0 Å². The summed E-state index contributed by atoms with van der Waals surface area (Å²) in [5, 5.41) is 9.90. The molecule has 23 heavy (non-hydrogen) atoms. The van der Waals surface area contributed by atoms with Crippen LogP contribution in [0.3, 0.4) is 0 Å². The molecule has 3 aromatic rings. The number of nitrogens with zero attached hydrogens (tertiary/aromatic N) is 1. The second-order valence-electron chi connectivity index (χ2n) is 5.07. The van der Waals surface area contributed by atoms with E-state index in [1.165, 1.54) is 12.1 Å². The molecule has 0 spiro atoms. The van der Waals surface area contributed by atoms with E-state index < -0.39 is 10.0 Å². The molecule has 2 aromatic carbocycles. The number of primary sulfonamides is 1. The SMILES string of the molecule is NS(=O)(=O)c1cccc(NCc2cc(Cl)cc3cccnc23)c1. The summed E-state index contributed by atoms with van der Waals surface area (Å²) < 4.78 is 22.8. The van der Waals surface area contributed by atoms with E-state index in [2.05, 4.69) is 10.3 Å². The molecule has 0 aliphatic rings. The van der Waals surface area contributed by atoms with Crippen molar-refractivity contribution in [3.63, 3.8) is 0 Å². The number of nitrogens with two attached hydrogens (primary N) is 1. The smallest absolute Gasteiger partial charge is 0.238 e. The van der Waals surface area contributed by atoms with Gasteiger partial charge in [-0.05, 0) is 42.0 Å². The molecule has 7 heteroatoms. The molecule has 0 fully saturated rings. The van der Waals surface area contributed by atoms with Crippen molar-refractivity contribution < 1.29 is 8.42 Å². The molecule has 0 aliphatic heterocycles. The predicted molar refractivity (Wildman–Crippen MR) is 91.9 cm³/mol. The normalized spacial score (nSPS) is 11.6. The summed E-state index contributed by atoms with van der Waals surface area (Å²) in [5.74, 6) is 0. The molecule has 0 atom stereocenters. The Morgan fingerprint density at radius 2 is 1.96 bits per heavy atom. The maximum atomic E-state index is 11.4. The Kier molecular flexibility index (Phi) is 4.21. The average molecular weight is 348 g/mol. The number of sulfonamides is 1. The monoisotopic (exact) mass is 347 g/mol. The summed E-state index contributed by atoms with van der Waals surface area (Å²) in [4.78, 5) is 4.44. The molecule has 5 nitrogen and oxygen atoms in total. The van der Waals surface area contributed by atoms with Crippen LogP contribution in [-0.4, -0.2) is 13.4 Å². The highest BCUT2D eigenvalue weighted by Crippen LogP contribution is 2.23. The van der Waals surface area contributed by atoms with E-state index in [1.807, 2.05) is 24.3 Å². The van der Waals surface area contributed by atoms with E-state index in [1.54, 1.807) is 18.3 Å². The number of hydrogen-bond acceptors (Lipinski definition) is 4. The molecule has 1 aromatic heterocycles. The van der Waals surface area contributed by atoms with Crippen LogP contribution in [0.2, 0.25) is 5.02 Å². The van der Waals surface area contributed by atoms with Gasteiger partial charge in [0.15, 0.2) is 0 Å². The molecule has 118 valence electrons. The second-order valence-corrected chi connectivity index (χ2v) is 7.06. The number of nitrogens with one attached hydrogen (secondary N) is 1. The summed E-state index contributed by atoms with van der Waals surface area (Å²) in [6.45, 7) is 0.460. The molecular weight excluding hydrogens is 334 g/mol. The number of halogens is 1. The van der Waals surface area contributed by atoms with Crippen LogP contribution in [0.1, 0.15) is 5.56 Å². The molecule has 0 aliphatic carbocycles. The first kappa shape index (κ1) is 15.7. The van der Waals surface area contributed by atoms with E-state index >= 15 is 0 Å². The average Bonchev–Trinajstić information content (AvgIpc) is 2.52. The lowest BCUT2D eigenvalue weighted by molar-refractivity contribution is 0.598. The molecule has 3 N–H and O–H groups in total. The highest BCUT2D eigenvalue weighted by molar-refractivity contribution is 7.89. The lowest BCUT2D eigenvalue weighted by Crippen LogP contribution is -2.12.